The highest BCUT2D eigenvalue weighted by molar-refractivity contribution is 5.98. The van der Waals surface area contributed by atoms with E-state index in [1.165, 1.54) is 18.1 Å². The van der Waals surface area contributed by atoms with Crippen LogP contribution in [0.5, 0.6) is 0 Å². The number of halogens is 1. The summed E-state index contributed by atoms with van der Waals surface area (Å²) in [6.45, 7) is -0.189. The fourth-order valence-electron chi connectivity index (χ4n) is 2.29. The van der Waals surface area contributed by atoms with Crippen LogP contribution in [0.15, 0.2) is 42.5 Å². The molecule has 2 rings (SSSR count). The van der Waals surface area contributed by atoms with Crippen LogP contribution in [0, 0.1) is 5.82 Å². The number of ether oxygens (including phenoxy) is 1. The van der Waals surface area contributed by atoms with E-state index in [1.54, 1.807) is 38.4 Å². The van der Waals surface area contributed by atoms with E-state index < -0.39 is 17.7 Å². The molecule has 0 fully saturated rings. The number of rotatable bonds is 6. The maximum atomic E-state index is 13.4. The Morgan fingerprint density at radius 3 is 2.33 bits per heavy atom. The fourth-order valence-corrected chi connectivity index (χ4v) is 2.29. The van der Waals surface area contributed by atoms with Gasteiger partial charge in [-0.3, -0.25) is 9.59 Å². The number of anilines is 2. The summed E-state index contributed by atoms with van der Waals surface area (Å²) in [6, 6.07) is 9.95. The lowest BCUT2D eigenvalue weighted by atomic mass is 10.1. The third-order valence-electron chi connectivity index (χ3n) is 3.65. The van der Waals surface area contributed by atoms with Crippen molar-refractivity contribution in [3.63, 3.8) is 0 Å². The third kappa shape index (κ3) is 5.27. The Morgan fingerprint density at radius 1 is 1.07 bits per heavy atom. The van der Waals surface area contributed by atoms with E-state index in [1.807, 2.05) is 0 Å². The number of nitrogens with one attached hydrogen (secondary N) is 2. The highest BCUT2D eigenvalue weighted by atomic mass is 19.1. The van der Waals surface area contributed by atoms with Gasteiger partial charge in [0.25, 0.3) is 5.91 Å². The average molecular weight is 373 g/mol. The molecule has 27 heavy (non-hydrogen) atoms. The summed E-state index contributed by atoms with van der Waals surface area (Å²) in [5.74, 6) is -1.73. The molecule has 0 aliphatic carbocycles. The topological polar surface area (TPSA) is 87.7 Å². The summed E-state index contributed by atoms with van der Waals surface area (Å²) >= 11 is 0. The Bertz CT molecular complexity index is 851. The molecule has 0 aliphatic heterocycles. The minimum absolute atomic E-state index is 0.123. The quantitative estimate of drug-likeness (QED) is 0.759. The van der Waals surface area contributed by atoms with Crippen molar-refractivity contribution >= 4 is 29.2 Å². The first-order valence-corrected chi connectivity index (χ1v) is 8.05. The number of methoxy groups -OCH3 is 1. The van der Waals surface area contributed by atoms with Crippen molar-refractivity contribution in [2.24, 2.45) is 0 Å². The number of esters is 1. The standard InChI is InChI=1S/C19H20FN3O4/c1-23(2)18(25)12-4-7-14(8-5-12)22-17(24)11-21-16-10-13(20)6-9-15(16)19(26)27-3/h4-10,21H,11H2,1-3H3,(H,22,24). The predicted octanol–water partition coefficient (Wildman–Crippen LogP) is 2.36. The molecule has 2 N–H and O–H groups in total. The van der Waals surface area contributed by atoms with Crippen LogP contribution in [0.2, 0.25) is 0 Å². The molecule has 142 valence electrons. The average Bonchev–Trinajstić information content (AvgIpc) is 2.65. The van der Waals surface area contributed by atoms with E-state index in [0.29, 0.717) is 11.3 Å². The molecule has 0 saturated heterocycles. The van der Waals surface area contributed by atoms with Crippen LogP contribution in [0.3, 0.4) is 0 Å². The Balaban J connectivity index is 2.00. The Morgan fingerprint density at radius 2 is 1.74 bits per heavy atom. The molecule has 2 aromatic rings. The summed E-state index contributed by atoms with van der Waals surface area (Å²) in [4.78, 5) is 37.1. The van der Waals surface area contributed by atoms with Crippen molar-refractivity contribution < 1.29 is 23.5 Å². The Kier molecular flexibility index (Phi) is 6.48. The normalized spacial score (nSPS) is 10.1. The van der Waals surface area contributed by atoms with E-state index in [9.17, 15) is 18.8 Å². The minimum Gasteiger partial charge on any atom is -0.465 e. The molecular formula is C19H20FN3O4. The van der Waals surface area contributed by atoms with E-state index in [4.69, 9.17) is 0 Å². The van der Waals surface area contributed by atoms with Gasteiger partial charge in [-0.05, 0) is 42.5 Å². The lowest BCUT2D eigenvalue weighted by Crippen LogP contribution is -2.23. The Hall–Kier alpha value is -3.42. The molecule has 0 aromatic heterocycles. The number of benzene rings is 2. The first kappa shape index (κ1) is 19.9. The van der Waals surface area contributed by atoms with Crippen LogP contribution in [-0.4, -0.2) is 50.4 Å². The van der Waals surface area contributed by atoms with Gasteiger partial charge in [0.15, 0.2) is 0 Å². The number of carbonyl (C=O) groups is 3. The number of carbonyl (C=O) groups excluding carboxylic acids is 3. The zero-order chi connectivity index (χ0) is 20.0. The van der Waals surface area contributed by atoms with Gasteiger partial charge in [0.05, 0.1) is 24.9 Å². The lowest BCUT2D eigenvalue weighted by Gasteiger charge is -2.12. The van der Waals surface area contributed by atoms with Crippen LogP contribution >= 0.6 is 0 Å². The molecule has 0 atom stereocenters. The van der Waals surface area contributed by atoms with E-state index in [2.05, 4.69) is 15.4 Å². The molecule has 2 amide bonds. The van der Waals surface area contributed by atoms with E-state index in [-0.39, 0.29) is 23.7 Å². The third-order valence-corrected chi connectivity index (χ3v) is 3.65. The smallest absolute Gasteiger partial charge is 0.339 e. The zero-order valence-corrected chi connectivity index (χ0v) is 15.2. The highest BCUT2D eigenvalue weighted by Crippen LogP contribution is 2.18. The first-order chi connectivity index (χ1) is 12.8. The van der Waals surface area contributed by atoms with Gasteiger partial charge in [-0.15, -0.1) is 0 Å². The maximum absolute atomic E-state index is 13.4. The van der Waals surface area contributed by atoms with E-state index in [0.717, 1.165) is 12.1 Å². The molecular weight excluding hydrogens is 353 g/mol. The second-order valence-electron chi connectivity index (χ2n) is 5.86. The van der Waals surface area contributed by atoms with Crippen LogP contribution < -0.4 is 10.6 Å². The van der Waals surface area contributed by atoms with E-state index >= 15 is 0 Å². The van der Waals surface area contributed by atoms with Gasteiger partial charge in [0.1, 0.15) is 5.82 Å². The summed E-state index contributed by atoms with van der Waals surface area (Å²) in [5.41, 5.74) is 1.28. The summed E-state index contributed by atoms with van der Waals surface area (Å²) in [5, 5.41) is 5.37. The minimum atomic E-state index is -0.640. The molecule has 0 spiro atoms. The van der Waals surface area contributed by atoms with Gasteiger partial charge >= 0.3 is 5.97 Å². The zero-order valence-electron chi connectivity index (χ0n) is 15.2. The number of hydrogen-bond acceptors (Lipinski definition) is 5. The fraction of sp³-hybridized carbons (Fsp3) is 0.211. The maximum Gasteiger partial charge on any atom is 0.339 e. The van der Waals surface area contributed by atoms with Gasteiger partial charge in [0.2, 0.25) is 5.91 Å². The highest BCUT2D eigenvalue weighted by Gasteiger charge is 2.14. The van der Waals surface area contributed by atoms with Crippen molar-refractivity contribution in [2.75, 3.05) is 38.4 Å². The van der Waals surface area contributed by atoms with Crippen LogP contribution in [0.4, 0.5) is 15.8 Å². The Labute approximate surface area is 156 Å². The first-order valence-electron chi connectivity index (χ1n) is 8.05. The molecule has 7 nitrogen and oxygen atoms in total. The molecule has 2 aromatic carbocycles. The van der Waals surface area contributed by atoms with Gasteiger partial charge < -0.3 is 20.3 Å². The number of amides is 2. The molecule has 0 heterocycles. The van der Waals surface area contributed by atoms with Crippen molar-refractivity contribution in [3.05, 3.63) is 59.4 Å². The van der Waals surface area contributed by atoms with Crippen molar-refractivity contribution in [1.82, 2.24) is 4.90 Å². The lowest BCUT2D eigenvalue weighted by molar-refractivity contribution is -0.114. The summed E-state index contributed by atoms with van der Waals surface area (Å²) < 4.78 is 18.1. The second kappa shape index (κ2) is 8.79. The molecule has 0 radical (unpaired) electrons. The summed E-state index contributed by atoms with van der Waals surface area (Å²) in [7, 11) is 4.52. The van der Waals surface area contributed by atoms with Crippen LogP contribution in [-0.2, 0) is 9.53 Å². The van der Waals surface area contributed by atoms with Gasteiger partial charge in [-0.1, -0.05) is 0 Å². The SMILES string of the molecule is COC(=O)c1ccc(F)cc1NCC(=O)Nc1ccc(C(=O)N(C)C)cc1. The molecule has 0 aliphatic rings. The second-order valence-corrected chi connectivity index (χ2v) is 5.86. The van der Waals surface area contributed by atoms with Crippen molar-refractivity contribution in [3.8, 4) is 0 Å². The van der Waals surface area contributed by atoms with Crippen LogP contribution in [0.25, 0.3) is 0 Å². The van der Waals surface area contributed by atoms with Gasteiger partial charge in [-0.2, -0.15) is 0 Å². The number of hydrogen-bond donors (Lipinski definition) is 2. The van der Waals surface area contributed by atoms with Gasteiger partial charge in [0, 0.05) is 25.3 Å². The van der Waals surface area contributed by atoms with Gasteiger partial charge in [-0.25, -0.2) is 9.18 Å². The molecule has 0 bridgehead atoms. The number of nitrogens with zero attached hydrogens (tertiary/aromatic N) is 1. The predicted molar refractivity (Wildman–Crippen MR) is 99.3 cm³/mol. The molecule has 0 unspecified atom stereocenters. The van der Waals surface area contributed by atoms with Crippen molar-refractivity contribution in [1.29, 1.82) is 0 Å². The molecule has 0 saturated carbocycles. The van der Waals surface area contributed by atoms with Crippen LogP contribution in [0.1, 0.15) is 20.7 Å². The monoisotopic (exact) mass is 373 g/mol. The largest absolute Gasteiger partial charge is 0.465 e. The summed E-state index contributed by atoms with van der Waals surface area (Å²) in [6.07, 6.45) is 0. The molecule has 8 heteroatoms. The van der Waals surface area contributed by atoms with Crippen molar-refractivity contribution in [2.45, 2.75) is 0 Å².